The zero-order chi connectivity index (χ0) is 14.4. The Hall–Kier alpha value is -0.870. The van der Waals surface area contributed by atoms with E-state index in [1.54, 1.807) is 0 Å². The van der Waals surface area contributed by atoms with Crippen molar-refractivity contribution in [2.24, 2.45) is 5.92 Å². The van der Waals surface area contributed by atoms with Crippen LogP contribution in [0.15, 0.2) is 28.7 Å². The van der Waals surface area contributed by atoms with Crippen LogP contribution in [-0.2, 0) is 0 Å². The highest BCUT2D eigenvalue weighted by Gasteiger charge is 2.17. The minimum Gasteiger partial charge on any atom is -0.337 e. The normalized spacial score (nSPS) is 11.1. The molecule has 0 unspecified atom stereocenters. The first-order valence-electron chi connectivity index (χ1n) is 6.59. The summed E-state index contributed by atoms with van der Waals surface area (Å²) >= 11 is 3.41. The van der Waals surface area contributed by atoms with Gasteiger partial charge in [0.2, 0.25) is 0 Å². The summed E-state index contributed by atoms with van der Waals surface area (Å²) in [5, 5.41) is 0. The Labute approximate surface area is 124 Å². The topological polar surface area (TPSA) is 23.6 Å². The molecule has 1 aromatic rings. The van der Waals surface area contributed by atoms with E-state index < -0.39 is 0 Å². The molecule has 0 aliphatic heterocycles. The summed E-state index contributed by atoms with van der Waals surface area (Å²) in [7, 11) is 4.05. The van der Waals surface area contributed by atoms with Gasteiger partial charge in [-0.3, -0.25) is 4.79 Å². The molecule has 19 heavy (non-hydrogen) atoms. The molecule has 0 fully saturated rings. The average molecular weight is 327 g/mol. The van der Waals surface area contributed by atoms with Crippen LogP contribution in [0.25, 0.3) is 0 Å². The molecule has 0 N–H and O–H groups in total. The summed E-state index contributed by atoms with van der Waals surface area (Å²) in [6.45, 7) is 6.70. The van der Waals surface area contributed by atoms with Crippen molar-refractivity contribution in [3.05, 3.63) is 34.3 Å². The predicted octanol–water partition coefficient (Wildman–Crippen LogP) is 3.11. The number of halogens is 1. The largest absolute Gasteiger partial charge is 0.337 e. The fourth-order valence-corrected chi connectivity index (χ4v) is 2.24. The molecule has 0 bridgehead atoms. The van der Waals surface area contributed by atoms with E-state index in [0.29, 0.717) is 5.92 Å². The van der Waals surface area contributed by atoms with Gasteiger partial charge in [-0.1, -0.05) is 35.8 Å². The molecular formula is C15H23BrN2O. The Morgan fingerprint density at radius 1 is 1.26 bits per heavy atom. The lowest BCUT2D eigenvalue weighted by molar-refractivity contribution is 0.0724. The van der Waals surface area contributed by atoms with Crippen LogP contribution in [0.5, 0.6) is 0 Å². The van der Waals surface area contributed by atoms with Crippen LogP contribution in [0.1, 0.15) is 24.2 Å². The number of nitrogens with zero attached hydrogens (tertiary/aromatic N) is 2. The molecule has 0 aromatic heterocycles. The second-order valence-corrected chi connectivity index (χ2v) is 6.37. The van der Waals surface area contributed by atoms with Gasteiger partial charge < -0.3 is 9.80 Å². The van der Waals surface area contributed by atoms with Gasteiger partial charge in [0.25, 0.3) is 5.91 Å². The molecule has 0 aliphatic carbocycles. The van der Waals surface area contributed by atoms with Crippen LogP contribution in [0.2, 0.25) is 0 Å². The number of likely N-dealkylation sites (N-methyl/N-ethyl adjacent to an activating group) is 1. The summed E-state index contributed by atoms with van der Waals surface area (Å²) in [4.78, 5) is 16.6. The van der Waals surface area contributed by atoms with E-state index in [1.165, 1.54) is 0 Å². The second-order valence-electron chi connectivity index (χ2n) is 5.46. The number of hydrogen-bond acceptors (Lipinski definition) is 2. The number of rotatable bonds is 6. The standard InChI is InChI=1S/C15H23BrN2O/c1-12(2)11-18(9-8-17(3)4)15(19)13-6-5-7-14(16)10-13/h5-7,10,12H,8-9,11H2,1-4H3. The fourth-order valence-electron chi connectivity index (χ4n) is 1.84. The fraction of sp³-hybridized carbons (Fsp3) is 0.533. The van der Waals surface area contributed by atoms with Gasteiger partial charge in [0.05, 0.1) is 0 Å². The zero-order valence-corrected chi connectivity index (χ0v) is 13.8. The molecule has 106 valence electrons. The van der Waals surface area contributed by atoms with Gasteiger partial charge in [0, 0.05) is 29.7 Å². The van der Waals surface area contributed by atoms with E-state index in [4.69, 9.17) is 0 Å². The van der Waals surface area contributed by atoms with E-state index in [-0.39, 0.29) is 5.91 Å². The Balaban J connectivity index is 2.81. The summed E-state index contributed by atoms with van der Waals surface area (Å²) in [6.07, 6.45) is 0. The molecule has 0 aliphatic rings. The van der Waals surface area contributed by atoms with E-state index in [1.807, 2.05) is 43.3 Å². The summed E-state index contributed by atoms with van der Waals surface area (Å²) in [5.74, 6) is 0.579. The van der Waals surface area contributed by atoms with Crippen molar-refractivity contribution in [3.63, 3.8) is 0 Å². The first-order chi connectivity index (χ1) is 8.90. The van der Waals surface area contributed by atoms with Crippen molar-refractivity contribution < 1.29 is 4.79 Å². The van der Waals surface area contributed by atoms with Crippen LogP contribution in [0, 0.1) is 5.92 Å². The number of carbonyl (C=O) groups excluding carboxylic acids is 1. The maximum atomic E-state index is 12.5. The Kier molecular flexibility index (Phi) is 6.52. The minimum absolute atomic E-state index is 0.108. The number of carbonyl (C=O) groups is 1. The smallest absolute Gasteiger partial charge is 0.253 e. The minimum atomic E-state index is 0.108. The molecule has 0 atom stereocenters. The molecule has 3 nitrogen and oxygen atoms in total. The van der Waals surface area contributed by atoms with E-state index in [9.17, 15) is 4.79 Å². The Morgan fingerprint density at radius 3 is 2.47 bits per heavy atom. The zero-order valence-electron chi connectivity index (χ0n) is 12.2. The maximum Gasteiger partial charge on any atom is 0.253 e. The summed E-state index contributed by atoms with van der Waals surface area (Å²) in [5.41, 5.74) is 0.744. The number of hydrogen-bond donors (Lipinski definition) is 0. The lowest BCUT2D eigenvalue weighted by Crippen LogP contribution is -2.39. The summed E-state index contributed by atoms with van der Waals surface area (Å²) in [6, 6.07) is 7.58. The Morgan fingerprint density at radius 2 is 1.95 bits per heavy atom. The third-order valence-electron chi connectivity index (χ3n) is 2.76. The number of benzene rings is 1. The van der Waals surface area contributed by atoms with Crippen molar-refractivity contribution in [1.82, 2.24) is 9.80 Å². The molecule has 0 spiro atoms. The lowest BCUT2D eigenvalue weighted by Gasteiger charge is -2.26. The molecule has 0 saturated carbocycles. The van der Waals surface area contributed by atoms with Crippen LogP contribution < -0.4 is 0 Å². The second kappa shape index (κ2) is 7.65. The van der Waals surface area contributed by atoms with Gasteiger partial charge in [-0.25, -0.2) is 0 Å². The molecule has 0 radical (unpaired) electrons. The third-order valence-corrected chi connectivity index (χ3v) is 3.25. The first-order valence-corrected chi connectivity index (χ1v) is 7.39. The van der Waals surface area contributed by atoms with Gasteiger partial charge in [-0.15, -0.1) is 0 Å². The van der Waals surface area contributed by atoms with Crippen LogP contribution in [0.4, 0.5) is 0 Å². The van der Waals surface area contributed by atoms with Crippen molar-refractivity contribution in [2.75, 3.05) is 33.7 Å². The quantitative estimate of drug-likeness (QED) is 0.801. The van der Waals surface area contributed by atoms with E-state index >= 15 is 0 Å². The molecule has 4 heteroatoms. The van der Waals surface area contributed by atoms with Crippen LogP contribution in [0.3, 0.4) is 0 Å². The molecule has 1 amide bonds. The van der Waals surface area contributed by atoms with Gasteiger partial charge >= 0.3 is 0 Å². The van der Waals surface area contributed by atoms with E-state index in [0.717, 1.165) is 29.7 Å². The van der Waals surface area contributed by atoms with Crippen molar-refractivity contribution in [3.8, 4) is 0 Å². The van der Waals surface area contributed by atoms with E-state index in [2.05, 4.69) is 34.7 Å². The van der Waals surface area contributed by atoms with Gasteiger partial charge in [0.15, 0.2) is 0 Å². The monoisotopic (exact) mass is 326 g/mol. The van der Waals surface area contributed by atoms with Crippen molar-refractivity contribution in [2.45, 2.75) is 13.8 Å². The molecular weight excluding hydrogens is 304 g/mol. The molecule has 0 saturated heterocycles. The lowest BCUT2D eigenvalue weighted by atomic mass is 10.1. The highest BCUT2D eigenvalue weighted by Crippen LogP contribution is 2.14. The van der Waals surface area contributed by atoms with Crippen LogP contribution in [-0.4, -0.2) is 49.4 Å². The van der Waals surface area contributed by atoms with Crippen molar-refractivity contribution in [1.29, 1.82) is 0 Å². The predicted molar refractivity (Wildman–Crippen MR) is 83.4 cm³/mol. The van der Waals surface area contributed by atoms with Crippen molar-refractivity contribution >= 4 is 21.8 Å². The summed E-state index contributed by atoms with van der Waals surface area (Å²) < 4.78 is 0.940. The van der Waals surface area contributed by atoms with Crippen LogP contribution >= 0.6 is 15.9 Å². The highest BCUT2D eigenvalue weighted by atomic mass is 79.9. The molecule has 1 aromatic carbocycles. The Bertz CT molecular complexity index is 418. The molecule has 1 rings (SSSR count). The first kappa shape index (κ1) is 16.2. The number of amides is 1. The third kappa shape index (κ3) is 5.74. The molecule has 0 heterocycles. The maximum absolute atomic E-state index is 12.5. The highest BCUT2D eigenvalue weighted by molar-refractivity contribution is 9.10. The van der Waals surface area contributed by atoms with Gasteiger partial charge in [0.1, 0.15) is 0 Å². The SMILES string of the molecule is CC(C)CN(CCN(C)C)C(=O)c1cccc(Br)c1. The van der Waals surface area contributed by atoms with Gasteiger partial charge in [-0.2, -0.15) is 0 Å². The average Bonchev–Trinajstić information content (AvgIpc) is 2.33. The van der Waals surface area contributed by atoms with Gasteiger partial charge in [-0.05, 0) is 38.2 Å².